The first-order valence-electron chi connectivity index (χ1n) is 6.50. The van der Waals surface area contributed by atoms with Crippen LogP contribution in [-0.2, 0) is 6.42 Å². The quantitative estimate of drug-likeness (QED) is 0.784. The number of ether oxygens (including phenoxy) is 1. The summed E-state index contributed by atoms with van der Waals surface area (Å²) in [4.78, 5) is 5.39. The first-order valence-corrected chi connectivity index (χ1v) is 7.38. The summed E-state index contributed by atoms with van der Waals surface area (Å²) >= 11 is 1.57. The van der Waals surface area contributed by atoms with Crippen molar-refractivity contribution in [3.8, 4) is 5.75 Å². The first-order chi connectivity index (χ1) is 10.3. The van der Waals surface area contributed by atoms with Gasteiger partial charge in [0.25, 0.3) is 0 Å². The lowest BCUT2D eigenvalue weighted by Crippen LogP contribution is -2.10. The molecule has 0 aliphatic heterocycles. The Hall–Kier alpha value is -2.18. The molecule has 21 heavy (non-hydrogen) atoms. The van der Waals surface area contributed by atoms with E-state index in [-0.39, 0.29) is 6.04 Å². The van der Waals surface area contributed by atoms with Crippen molar-refractivity contribution in [1.29, 1.82) is 0 Å². The number of nitrogens with zero attached hydrogens (tertiary/aromatic N) is 2. The lowest BCUT2D eigenvalue weighted by atomic mass is 10.1. The van der Waals surface area contributed by atoms with Crippen LogP contribution in [0.2, 0.25) is 0 Å². The zero-order chi connectivity index (χ0) is 14.7. The number of benzene rings is 1. The summed E-state index contributed by atoms with van der Waals surface area (Å²) in [6, 6.07) is 11.3. The highest BCUT2D eigenvalue weighted by Gasteiger charge is 2.17. The van der Waals surface area contributed by atoms with Gasteiger partial charge >= 0.3 is 0 Å². The number of nitrogens with two attached hydrogens (primary N) is 1. The third-order valence-corrected chi connectivity index (χ3v) is 4.05. The molecular formula is C15H15N3O2S. The minimum absolute atomic E-state index is 0.364. The van der Waals surface area contributed by atoms with Crippen LogP contribution in [0.15, 0.2) is 46.3 Å². The second kappa shape index (κ2) is 6.07. The van der Waals surface area contributed by atoms with Crippen molar-refractivity contribution in [2.45, 2.75) is 12.5 Å². The Balaban J connectivity index is 1.75. The van der Waals surface area contributed by atoms with Crippen molar-refractivity contribution in [3.05, 3.63) is 63.9 Å². The summed E-state index contributed by atoms with van der Waals surface area (Å²) in [5.41, 5.74) is 7.17. The average Bonchev–Trinajstić information content (AvgIpc) is 3.18. The van der Waals surface area contributed by atoms with Crippen LogP contribution in [0.4, 0.5) is 0 Å². The summed E-state index contributed by atoms with van der Waals surface area (Å²) < 4.78 is 10.5. The van der Waals surface area contributed by atoms with Gasteiger partial charge in [0, 0.05) is 11.3 Å². The Labute approximate surface area is 126 Å². The number of hydrogen-bond acceptors (Lipinski definition) is 6. The van der Waals surface area contributed by atoms with Crippen molar-refractivity contribution in [2.75, 3.05) is 7.11 Å². The molecule has 3 aromatic rings. The molecule has 1 unspecified atom stereocenters. The van der Waals surface area contributed by atoms with Gasteiger partial charge in [-0.3, -0.25) is 0 Å². The molecule has 1 atom stereocenters. The van der Waals surface area contributed by atoms with E-state index in [0.717, 1.165) is 16.2 Å². The van der Waals surface area contributed by atoms with Crippen LogP contribution in [0.3, 0.4) is 0 Å². The van der Waals surface area contributed by atoms with E-state index in [9.17, 15) is 0 Å². The molecule has 5 nitrogen and oxygen atoms in total. The standard InChI is InChI=1S/C15H15N3O2S/c1-19-11-5-2-4-10(8-11)9-13-17-15(20-18-13)14(16)12-6-3-7-21-12/h2-8,14H,9,16H2,1H3. The zero-order valence-corrected chi connectivity index (χ0v) is 12.3. The summed E-state index contributed by atoms with van der Waals surface area (Å²) in [5.74, 6) is 1.87. The van der Waals surface area contributed by atoms with Gasteiger partial charge in [-0.2, -0.15) is 4.98 Å². The Bertz CT molecular complexity index is 709. The number of methoxy groups -OCH3 is 1. The molecule has 0 amide bonds. The monoisotopic (exact) mass is 301 g/mol. The van der Waals surface area contributed by atoms with E-state index < -0.39 is 0 Å². The smallest absolute Gasteiger partial charge is 0.248 e. The van der Waals surface area contributed by atoms with Crippen LogP contribution in [0.1, 0.15) is 28.2 Å². The largest absolute Gasteiger partial charge is 0.497 e. The fourth-order valence-electron chi connectivity index (χ4n) is 2.02. The Morgan fingerprint density at radius 2 is 2.24 bits per heavy atom. The van der Waals surface area contributed by atoms with E-state index >= 15 is 0 Å². The fourth-order valence-corrected chi connectivity index (χ4v) is 2.74. The highest BCUT2D eigenvalue weighted by molar-refractivity contribution is 7.10. The van der Waals surface area contributed by atoms with Crippen LogP contribution in [-0.4, -0.2) is 17.3 Å². The third-order valence-electron chi connectivity index (χ3n) is 3.10. The highest BCUT2D eigenvalue weighted by atomic mass is 32.1. The predicted molar refractivity (Wildman–Crippen MR) is 80.4 cm³/mol. The number of aromatic nitrogens is 2. The Kier molecular flexibility index (Phi) is 3.98. The fraction of sp³-hybridized carbons (Fsp3) is 0.200. The summed E-state index contributed by atoms with van der Waals surface area (Å²) in [6.45, 7) is 0. The number of thiophene rings is 1. The van der Waals surface area contributed by atoms with Gasteiger partial charge in [0.2, 0.25) is 5.89 Å². The van der Waals surface area contributed by atoms with Crippen molar-refractivity contribution in [2.24, 2.45) is 5.73 Å². The molecule has 0 fully saturated rings. The maximum Gasteiger partial charge on any atom is 0.248 e. The molecule has 2 heterocycles. The number of rotatable bonds is 5. The molecule has 0 aliphatic carbocycles. The van der Waals surface area contributed by atoms with E-state index in [4.69, 9.17) is 15.0 Å². The second-order valence-electron chi connectivity index (χ2n) is 4.57. The normalized spacial score (nSPS) is 12.3. The van der Waals surface area contributed by atoms with Crippen LogP contribution >= 0.6 is 11.3 Å². The van der Waals surface area contributed by atoms with E-state index in [0.29, 0.717) is 18.1 Å². The Morgan fingerprint density at radius 1 is 1.33 bits per heavy atom. The molecule has 0 aliphatic rings. The van der Waals surface area contributed by atoms with Crippen LogP contribution in [0.25, 0.3) is 0 Å². The van der Waals surface area contributed by atoms with Gasteiger partial charge in [0.15, 0.2) is 5.82 Å². The van der Waals surface area contributed by atoms with Gasteiger partial charge in [0.05, 0.1) is 7.11 Å². The van der Waals surface area contributed by atoms with Crippen LogP contribution in [0, 0.1) is 0 Å². The molecule has 0 spiro atoms. The van der Waals surface area contributed by atoms with E-state index in [1.165, 1.54) is 0 Å². The third kappa shape index (κ3) is 3.12. The molecule has 3 rings (SSSR count). The maximum absolute atomic E-state index is 6.11. The second-order valence-corrected chi connectivity index (χ2v) is 5.55. The van der Waals surface area contributed by atoms with Crippen molar-refractivity contribution in [1.82, 2.24) is 10.1 Å². The molecule has 1 aromatic carbocycles. The predicted octanol–water partition coefficient (Wildman–Crippen LogP) is 2.78. The summed E-state index contributed by atoms with van der Waals surface area (Å²) in [6.07, 6.45) is 0.581. The van der Waals surface area contributed by atoms with E-state index in [1.807, 2.05) is 41.8 Å². The molecule has 108 valence electrons. The van der Waals surface area contributed by atoms with Crippen molar-refractivity contribution >= 4 is 11.3 Å². The summed E-state index contributed by atoms with van der Waals surface area (Å²) in [5, 5.41) is 5.97. The molecular weight excluding hydrogens is 286 g/mol. The highest BCUT2D eigenvalue weighted by Crippen LogP contribution is 2.23. The minimum Gasteiger partial charge on any atom is -0.497 e. The SMILES string of the molecule is COc1cccc(Cc2noc(C(N)c3cccs3)n2)c1. The van der Waals surface area contributed by atoms with E-state index in [1.54, 1.807) is 18.4 Å². The van der Waals surface area contributed by atoms with Gasteiger partial charge in [-0.25, -0.2) is 0 Å². The average molecular weight is 301 g/mol. The molecule has 2 N–H and O–H groups in total. The lowest BCUT2D eigenvalue weighted by Gasteiger charge is -2.02. The molecule has 0 saturated carbocycles. The van der Waals surface area contributed by atoms with Crippen LogP contribution in [0.5, 0.6) is 5.75 Å². The van der Waals surface area contributed by atoms with Crippen molar-refractivity contribution < 1.29 is 9.26 Å². The minimum atomic E-state index is -0.364. The molecule has 0 saturated heterocycles. The Morgan fingerprint density at radius 3 is 3.00 bits per heavy atom. The number of hydrogen-bond donors (Lipinski definition) is 1. The summed E-state index contributed by atoms with van der Waals surface area (Å²) in [7, 11) is 1.64. The van der Waals surface area contributed by atoms with Gasteiger partial charge in [-0.05, 0) is 29.1 Å². The molecule has 0 bridgehead atoms. The molecule has 0 radical (unpaired) electrons. The zero-order valence-electron chi connectivity index (χ0n) is 11.5. The van der Waals surface area contributed by atoms with E-state index in [2.05, 4.69) is 10.1 Å². The van der Waals surface area contributed by atoms with Gasteiger partial charge in [-0.1, -0.05) is 23.4 Å². The van der Waals surface area contributed by atoms with Gasteiger partial charge < -0.3 is 15.0 Å². The molecule has 6 heteroatoms. The maximum atomic E-state index is 6.11. The lowest BCUT2D eigenvalue weighted by molar-refractivity contribution is 0.364. The van der Waals surface area contributed by atoms with Gasteiger partial charge in [0.1, 0.15) is 11.8 Å². The first kappa shape index (κ1) is 13.8. The topological polar surface area (TPSA) is 74.2 Å². The van der Waals surface area contributed by atoms with Gasteiger partial charge in [-0.15, -0.1) is 11.3 Å². The molecule has 2 aromatic heterocycles. The van der Waals surface area contributed by atoms with Crippen molar-refractivity contribution in [3.63, 3.8) is 0 Å². The van der Waals surface area contributed by atoms with Crippen LogP contribution < -0.4 is 10.5 Å².